The average Bonchev–Trinajstić information content (AvgIpc) is 3.32. The molecule has 0 radical (unpaired) electrons. The maximum Gasteiger partial charge on any atom is 0.253 e. The SMILES string of the molecule is Cc1ccc2cc(CN(Cc3ccc4c(c3)OCO4)C(=S)N[C@H](C)c3ccccc3)c(=O)[nH]c2c1. The van der Waals surface area contributed by atoms with Crippen molar-refractivity contribution in [1.82, 2.24) is 15.2 Å². The molecule has 0 unspecified atom stereocenters. The first-order valence-corrected chi connectivity index (χ1v) is 12.0. The number of H-pyrrole nitrogens is 1. The lowest BCUT2D eigenvalue weighted by atomic mass is 10.1. The van der Waals surface area contributed by atoms with Gasteiger partial charge in [-0.1, -0.05) is 48.5 Å². The third-order valence-electron chi connectivity index (χ3n) is 6.18. The van der Waals surface area contributed by atoms with Crippen LogP contribution in [0.2, 0.25) is 0 Å². The van der Waals surface area contributed by atoms with Gasteiger partial charge in [-0.2, -0.15) is 0 Å². The van der Waals surface area contributed by atoms with E-state index in [1.165, 1.54) is 0 Å². The van der Waals surface area contributed by atoms with Crippen LogP contribution in [0.1, 0.15) is 35.2 Å². The predicted molar refractivity (Wildman–Crippen MR) is 142 cm³/mol. The molecule has 35 heavy (non-hydrogen) atoms. The molecule has 0 fully saturated rings. The fraction of sp³-hybridized carbons (Fsp3) is 0.214. The summed E-state index contributed by atoms with van der Waals surface area (Å²) in [7, 11) is 0. The normalized spacial score (nSPS) is 13.0. The Hall–Kier alpha value is -3.84. The van der Waals surface area contributed by atoms with Crippen molar-refractivity contribution in [3.8, 4) is 11.5 Å². The molecule has 4 aromatic rings. The van der Waals surface area contributed by atoms with Crippen LogP contribution in [0.4, 0.5) is 0 Å². The van der Waals surface area contributed by atoms with Gasteiger partial charge in [-0.25, -0.2) is 0 Å². The zero-order valence-electron chi connectivity index (χ0n) is 19.7. The number of rotatable bonds is 6. The van der Waals surface area contributed by atoms with Crippen molar-refractivity contribution in [2.24, 2.45) is 0 Å². The van der Waals surface area contributed by atoms with E-state index in [-0.39, 0.29) is 18.4 Å². The molecule has 1 aliphatic heterocycles. The maximum absolute atomic E-state index is 13.0. The number of pyridine rings is 1. The summed E-state index contributed by atoms with van der Waals surface area (Å²) in [5, 5.41) is 5.00. The minimum absolute atomic E-state index is 0.0146. The molecule has 1 aromatic heterocycles. The van der Waals surface area contributed by atoms with Gasteiger partial charge in [0.1, 0.15) is 0 Å². The van der Waals surface area contributed by atoms with Crippen molar-refractivity contribution in [3.05, 3.63) is 105 Å². The van der Waals surface area contributed by atoms with Gasteiger partial charge < -0.3 is 24.7 Å². The van der Waals surface area contributed by atoms with E-state index in [2.05, 4.69) is 29.4 Å². The molecular weight excluding hydrogens is 458 g/mol. The van der Waals surface area contributed by atoms with E-state index in [1.807, 2.05) is 72.5 Å². The zero-order chi connectivity index (χ0) is 24.4. The highest BCUT2D eigenvalue weighted by Crippen LogP contribution is 2.33. The van der Waals surface area contributed by atoms with Gasteiger partial charge in [0.2, 0.25) is 6.79 Å². The predicted octanol–water partition coefficient (Wildman–Crippen LogP) is 5.20. The zero-order valence-corrected chi connectivity index (χ0v) is 20.5. The number of benzene rings is 3. The molecular formula is C28H27N3O3S. The number of hydrogen-bond donors (Lipinski definition) is 2. The molecule has 0 saturated carbocycles. The minimum atomic E-state index is -0.113. The van der Waals surface area contributed by atoms with Crippen LogP contribution in [-0.4, -0.2) is 21.8 Å². The Bertz CT molecular complexity index is 1430. The Balaban J connectivity index is 1.44. The lowest BCUT2D eigenvalue weighted by molar-refractivity contribution is 0.174. The Morgan fingerprint density at radius 3 is 2.66 bits per heavy atom. The van der Waals surface area contributed by atoms with Crippen LogP contribution in [0.25, 0.3) is 10.9 Å². The van der Waals surface area contributed by atoms with Crippen LogP contribution in [0, 0.1) is 6.92 Å². The third kappa shape index (κ3) is 5.15. The van der Waals surface area contributed by atoms with Gasteiger partial charge in [-0.15, -0.1) is 0 Å². The molecule has 2 N–H and O–H groups in total. The number of hydrogen-bond acceptors (Lipinski definition) is 4. The first kappa shape index (κ1) is 22.9. The number of aromatic nitrogens is 1. The van der Waals surface area contributed by atoms with Crippen LogP contribution < -0.4 is 20.3 Å². The topological polar surface area (TPSA) is 66.6 Å². The van der Waals surface area contributed by atoms with Crippen LogP contribution in [0.3, 0.4) is 0 Å². The highest BCUT2D eigenvalue weighted by atomic mass is 32.1. The fourth-order valence-corrected chi connectivity index (χ4v) is 4.55. The van der Waals surface area contributed by atoms with E-state index >= 15 is 0 Å². The first-order valence-electron chi connectivity index (χ1n) is 11.6. The standard InChI is InChI=1S/C28H27N3O3S/c1-18-8-10-22-14-23(27(32)30-24(22)12-18)16-31(15-20-9-11-25-26(13-20)34-17-33-25)28(35)29-19(2)21-6-4-3-5-7-21/h3-14,19H,15-17H2,1-2H3,(H,29,35)(H,30,32)/t19-/m1/s1. The molecule has 6 nitrogen and oxygen atoms in total. The molecule has 5 rings (SSSR count). The Labute approximate surface area is 209 Å². The van der Waals surface area contributed by atoms with E-state index in [0.29, 0.717) is 23.8 Å². The largest absolute Gasteiger partial charge is 0.454 e. The molecule has 0 amide bonds. The molecule has 2 heterocycles. The number of ether oxygens (including phenoxy) is 2. The van der Waals surface area contributed by atoms with Gasteiger partial charge in [0, 0.05) is 17.6 Å². The molecule has 1 atom stereocenters. The van der Waals surface area contributed by atoms with Crippen LogP contribution in [0.5, 0.6) is 11.5 Å². The average molecular weight is 486 g/mol. The summed E-state index contributed by atoms with van der Waals surface area (Å²) in [4.78, 5) is 18.0. The summed E-state index contributed by atoms with van der Waals surface area (Å²) in [5.74, 6) is 1.46. The Morgan fingerprint density at radius 2 is 1.83 bits per heavy atom. The van der Waals surface area contributed by atoms with E-state index < -0.39 is 0 Å². The van der Waals surface area contributed by atoms with Crippen molar-refractivity contribution >= 4 is 28.2 Å². The Kier molecular flexibility index (Phi) is 6.42. The number of aryl methyl sites for hydroxylation is 1. The number of nitrogens with zero attached hydrogens (tertiary/aromatic N) is 1. The second-order valence-corrected chi connectivity index (χ2v) is 9.23. The highest BCUT2D eigenvalue weighted by molar-refractivity contribution is 7.80. The number of thiocarbonyl (C=S) groups is 1. The molecule has 7 heteroatoms. The molecule has 3 aromatic carbocycles. The summed E-state index contributed by atoms with van der Waals surface area (Å²) in [6.07, 6.45) is 0. The second-order valence-electron chi connectivity index (χ2n) is 8.84. The van der Waals surface area contributed by atoms with Crippen molar-refractivity contribution < 1.29 is 9.47 Å². The quantitative estimate of drug-likeness (QED) is 0.366. The van der Waals surface area contributed by atoms with Crippen LogP contribution in [-0.2, 0) is 13.1 Å². The second kappa shape index (κ2) is 9.80. The molecule has 0 saturated heterocycles. The van der Waals surface area contributed by atoms with E-state index in [9.17, 15) is 4.79 Å². The maximum atomic E-state index is 13.0. The molecule has 178 valence electrons. The number of fused-ring (bicyclic) bond motifs is 2. The summed E-state index contributed by atoms with van der Waals surface area (Å²) < 4.78 is 11.0. The van der Waals surface area contributed by atoms with E-state index in [4.69, 9.17) is 21.7 Å². The van der Waals surface area contributed by atoms with Crippen LogP contribution >= 0.6 is 12.2 Å². The van der Waals surface area contributed by atoms with Crippen molar-refractivity contribution in [2.45, 2.75) is 33.0 Å². The molecule has 1 aliphatic rings. The minimum Gasteiger partial charge on any atom is -0.454 e. The van der Waals surface area contributed by atoms with Gasteiger partial charge in [0.05, 0.1) is 12.6 Å². The highest BCUT2D eigenvalue weighted by Gasteiger charge is 2.19. The number of aromatic amines is 1. The smallest absolute Gasteiger partial charge is 0.253 e. The monoisotopic (exact) mass is 485 g/mol. The van der Waals surface area contributed by atoms with Crippen molar-refractivity contribution in [2.75, 3.05) is 6.79 Å². The van der Waals surface area contributed by atoms with E-state index in [0.717, 1.165) is 39.1 Å². The molecule has 0 bridgehead atoms. The third-order valence-corrected chi connectivity index (χ3v) is 6.55. The summed E-state index contributed by atoms with van der Waals surface area (Å²) in [6, 6.07) is 24.0. The van der Waals surface area contributed by atoms with Crippen molar-refractivity contribution in [1.29, 1.82) is 0 Å². The Morgan fingerprint density at radius 1 is 1.03 bits per heavy atom. The van der Waals surface area contributed by atoms with Gasteiger partial charge in [-0.3, -0.25) is 4.79 Å². The van der Waals surface area contributed by atoms with Gasteiger partial charge in [0.25, 0.3) is 5.56 Å². The number of nitrogens with one attached hydrogen (secondary N) is 2. The first-order chi connectivity index (χ1) is 17.0. The van der Waals surface area contributed by atoms with E-state index in [1.54, 1.807) is 0 Å². The summed E-state index contributed by atoms with van der Waals surface area (Å²) in [5.41, 5.74) is 4.62. The lowest BCUT2D eigenvalue weighted by Gasteiger charge is -2.28. The van der Waals surface area contributed by atoms with Crippen molar-refractivity contribution in [3.63, 3.8) is 0 Å². The molecule has 0 spiro atoms. The summed E-state index contributed by atoms with van der Waals surface area (Å²) >= 11 is 5.85. The van der Waals surface area contributed by atoms with Gasteiger partial charge >= 0.3 is 0 Å². The lowest BCUT2D eigenvalue weighted by Crippen LogP contribution is -2.41. The van der Waals surface area contributed by atoms with Gasteiger partial charge in [-0.05, 0) is 72.4 Å². The van der Waals surface area contributed by atoms with Crippen LogP contribution in [0.15, 0.2) is 77.6 Å². The van der Waals surface area contributed by atoms with Gasteiger partial charge in [0.15, 0.2) is 16.6 Å². The summed E-state index contributed by atoms with van der Waals surface area (Å²) in [6.45, 7) is 5.18. The molecule has 0 aliphatic carbocycles. The fourth-order valence-electron chi connectivity index (χ4n) is 4.24.